The summed E-state index contributed by atoms with van der Waals surface area (Å²) < 4.78 is 5.35. The standard InChI is InChI=1S/C12H18N2O2/c1-14(10-4-5-16-8-10)7-9-2-3-12(15)11(13)6-9/h2-3,6,10,15H,4-5,7-8,13H2,1H3. The van der Waals surface area contributed by atoms with Gasteiger partial charge < -0.3 is 15.6 Å². The summed E-state index contributed by atoms with van der Waals surface area (Å²) in [6, 6.07) is 5.86. The quantitative estimate of drug-likeness (QED) is 0.596. The number of phenolic OH excluding ortho intramolecular Hbond substituents is 1. The van der Waals surface area contributed by atoms with E-state index in [9.17, 15) is 5.11 Å². The summed E-state index contributed by atoms with van der Waals surface area (Å²) in [6.07, 6.45) is 1.09. The minimum atomic E-state index is 0.149. The van der Waals surface area contributed by atoms with Crippen LogP contribution in [0.2, 0.25) is 0 Å². The third kappa shape index (κ3) is 2.46. The van der Waals surface area contributed by atoms with Crippen molar-refractivity contribution >= 4 is 5.69 Å². The first kappa shape index (κ1) is 11.2. The van der Waals surface area contributed by atoms with Gasteiger partial charge in [-0.1, -0.05) is 6.07 Å². The van der Waals surface area contributed by atoms with E-state index in [1.54, 1.807) is 6.07 Å². The fourth-order valence-electron chi connectivity index (χ4n) is 1.99. The second-order valence-corrected chi connectivity index (χ2v) is 4.33. The lowest BCUT2D eigenvalue weighted by Crippen LogP contribution is -2.31. The predicted octanol–water partition coefficient (Wildman–Crippen LogP) is 1.20. The Bertz CT molecular complexity index is 362. The zero-order valence-electron chi connectivity index (χ0n) is 9.52. The van der Waals surface area contributed by atoms with Crippen molar-refractivity contribution in [1.29, 1.82) is 0 Å². The van der Waals surface area contributed by atoms with Crippen LogP contribution in [0.15, 0.2) is 18.2 Å². The van der Waals surface area contributed by atoms with Crippen LogP contribution >= 0.6 is 0 Å². The normalized spacial score (nSPS) is 20.5. The summed E-state index contributed by atoms with van der Waals surface area (Å²) in [7, 11) is 2.09. The Labute approximate surface area is 95.6 Å². The van der Waals surface area contributed by atoms with Crippen molar-refractivity contribution in [1.82, 2.24) is 4.90 Å². The molecule has 1 aromatic rings. The molecule has 0 spiro atoms. The Kier molecular flexibility index (Phi) is 3.31. The smallest absolute Gasteiger partial charge is 0.138 e. The van der Waals surface area contributed by atoms with Crippen LogP contribution in [-0.2, 0) is 11.3 Å². The maximum atomic E-state index is 9.33. The topological polar surface area (TPSA) is 58.7 Å². The highest BCUT2D eigenvalue weighted by molar-refractivity contribution is 5.53. The average Bonchev–Trinajstić information content (AvgIpc) is 2.77. The van der Waals surface area contributed by atoms with E-state index in [0.29, 0.717) is 11.7 Å². The Morgan fingerprint density at radius 2 is 2.38 bits per heavy atom. The molecular weight excluding hydrogens is 204 g/mol. The van der Waals surface area contributed by atoms with E-state index in [0.717, 1.165) is 31.7 Å². The molecule has 1 aliphatic rings. The fraction of sp³-hybridized carbons (Fsp3) is 0.500. The molecule has 1 heterocycles. The van der Waals surface area contributed by atoms with Crippen LogP contribution in [0, 0.1) is 0 Å². The van der Waals surface area contributed by atoms with Crippen LogP contribution in [0.25, 0.3) is 0 Å². The zero-order valence-corrected chi connectivity index (χ0v) is 9.52. The number of hydrogen-bond donors (Lipinski definition) is 2. The molecule has 2 rings (SSSR count). The van der Waals surface area contributed by atoms with Crippen molar-refractivity contribution < 1.29 is 9.84 Å². The second-order valence-electron chi connectivity index (χ2n) is 4.33. The molecule has 3 N–H and O–H groups in total. The number of phenols is 1. The second kappa shape index (κ2) is 4.72. The van der Waals surface area contributed by atoms with Gasteiger partial charge in [-0.3, -0.25) is 4.90 Å². The Morgan fingerprint density at radius 3 is 3.00 bits per heavy atom. The number of rotatable bonds is 3. The molecule has 1 unspecified atom stereocenters. The molecule has 1 aliphatic heterocycles. The van der Waals surface area contributed by atoms with E-state index in [1.807, 2.05) is 12.1 Å². The van der Waals surface area contributed by atoms with E-state index < -0.39 is 0 Å². The molecule has 1 fully saturated rings. The number of benzene rings is 1. The first-order valence-corrected chi connectivity index (χ1v) is 5.52. The third-order valence-electron chi connectivity index (χ3n) is 3.05. The first-order chi connectivity index (χ1) is 7.66. The lowest BCUT2D eigenvalue weighted by Gasteiger charge is -2.22. The van der Waals surface area contributed by atoms with Gasteiger partial charge in [0.15, 0.2) is 0 Å². The molecule has 4 heteroatoms. The molecule has 0 bridgehead atoms. The van der Waals surface area contributed by atoms with Crippen LogP contribution in [0.5, 0.6) is 5.75 Å². The van der Waals surface area contributed by atoms with Gasteiger partial charge in [0.05, 0.1) is 12.3 Å². The number of anilines is 1. The van der Waals surface area contributed by atoms with Gasteiger partial charge in [0.2, 0.25) is 0 Å². The van der Waals surface area contributed by atoms with Gasteiger partial charge in [0.1, 0.15) is 5.75 Å². The molecule has 0 saturated carbocycles. The van der Waals surface area contributed by atoms with Crippen molar-refractivity contribution in [3.63, 3.8) is 0 Å². The summed E-state index contributed by atoms with van der Waals surface area (Å²) in [4.78, 5) is 2.26. The van der Waals surface area contributed by atoms with E-state index >= 15 is 0 Å². The van der Waals surface area contributed by atoms with Gasteiger partial charge in [-0.25, -0.2) is 0 Å². The number of nitrogens with zero attached hydrogens (tertiary/aromatic N) is 1. The minimum absolute atomic E-state index is 0.149. The summed E-state index contributed by atoms with van der Waals surface area (Å²) >= 11 is 0. The van der Waals surface area contributed by atoms with Gasteiger partial charge in [-0.2, -0.15) is 0 Å². The molecule has 0 aliphatic carbocycles. The molecule has 1 aromatic carbocycles. The maximum absolute atomic E-state index is 9.33. The highest BCUT2D eigenvalue weighted by Crippen LogP contribution is 2.22. The molecule has 1 saturated heterocycles. The van der Waals surface area contributed by atoms with Crippen molar-refractivity contribution in [3.8, 4) is 5.75 Å². The largest absolute Gasteiger partial charge is 0.506 e. The van der Waals surface area contributed by atoms with Gasteiger partial charge in [-0.15, -0.1) is 0 Å². The van der Waals surface area contributed by atoms with Gasteiger partial charge in [-0.05, 0) is 31.2 Å². The lowest BCUT2D eigenvalue weighted by molar-refractivity contribution is 0.156. The lowest BCUT2D eigenvalue weighted by atomic mass is 10.1. The SMILES string of the molecule is CN(Cc1ccc(O)c(N)c1)C1CCOC1. The van der Waals surface area contributed by atoms with Crippen LogP contribution in [0.1, 0.15) is 12.0 Å². The molecule has 1 atom stereocenters. The summed E-state index contributed by atoms with van der Waals surface area (Å²) in [5.41, 5.74) is 7.21. The van der Waals surface area contributed by atoms with Crippen LogP contribution < -0.4 is 5.73 Å². The highest BCUT2D eigenvalue weighted by atomic mass is 16.5. The fourth-order valence-corrected chi connectivity index (χ4v) is 1.99. The van der Waals surface area contributed by atoms with Gasteiger partial charge in [0, 0.05) is 19.2 Å². The monoisotopic (exact) mass is 222 g/mol. The van der Waals surface area contributed by atoms with Crippen molar-refractivity contribution in [3.05, 3.63) is 23.8 Å². The van der Waals surface area contributed by atoms with Crippen LogP contribution in [0.4, 0.5) is 5.69 Å². The summed E-state index contributed by atoms with van der Waals surface area (Å²) in [5.74, 6) is 0.149. The average molecular weight is 222 g/mol. The van der Waals surface area contributed by atoms with E-state index in [2.05, 4.69) is 11.9 Å². The van der Waals surface area contributed by atoms with Gasteiger partial charge >= 0.3 is 0 Å². The third-order valence-corrected chi connectivity index (χ3v) is 3.05. The number of ether oxygens (including phenoxy) is 1. The Morgan fingerprint density at radius 1 is 1.56 bits per heavy atom. The summed E-state index contributed by atoms with van der Waals surface area (Å²) in [5, 5.41) is 9.33. The molecule has 16 heavy (non-hydrogen) atoms. The first-order valence-electron chi connectivity index (χ1n) is 5.52. The zero-order chi connectivity index (χ0) is 11.5. The number of hydrogen-bond acceptors (Lipinski definition) is 4. The molecule has 0 amide bonds. The minimum Gasteiger partial charge on any atom is -0.506 e. The number of aromatic hydroxyl groups is 1. The Hall–Kier alpha value is -1.26. The van der Waals surface area contributed by atoms with Crippen molar-refractivity contribution in [2.45, 2.75) is 19.0 Å². The predicted molar refractivity (Wildman–Crippen MR) is 63.2 cm³/mol. The number of likely N-dealkylation sites (N-methyl/N-ethyl adjacent to an activating group) is 1. The number of nitrogens with two attached hydrogens (primary N) is 1. The van der Waals surface area contributed by atoms with E-state index in [-0.39, 0.29) is 5.75 Å². The molecular formula is C12H18N2O2. The Balaban J connectivity index is 1.99. The van der Waals surface area contributed by atoms with Crippen LogP contribution in [-0.4, -0.2) is 36.3 Å². The molecule has 0 aromatic heterocycles. The highest BCUT2D eigenvalue weighted by Gasteiger charge is 2.20. The van der Waals surface area contributed by atoms with Crippen LogP contribution in [0.3, 0.4) is 0 Å². The molecule has 0 radical (unpaired) electrons. The maximum Gasteiger partial charge on any atom is 0.138 e. The molecule has 4 nitrogen and oxygen atoms in total. The van der Waals surface area contributed by atoms with Crippen molar-refractivity contribution in [2.24, 2.45) is 0 Å². The van der Waals surface area contributed by atoms with Crippen molar-refractivity contribution in [2.75, 3.05) is 26.0 Å². The van der Waals surface area contributed by atoms with Gasteiger partial charge in [0.25, 0.3) is 0 Å². The summed E-state index contributed by atoms with van der Waals surface area (Å²) in [6.45, 7) is 2.50. The molecule has 88 valence electrons. The number of nitrogen functional groups attached to an aromatic ring is 1. The van der Waals surface area contributed by atoms with E-state index in [1.165, 1.54) is 0 Å². The van der Waals surface area contributed by atoms with E-state index in [4.69, 9.17) is 10.5 Å².